The number of rotatable bonds is 13. The first-order chi connectivity index (χ1) is 20.5. The van der Waals surface area contributed by atoms with Gasteiger partial charge in [-0.2, -0.15) is 0 Å². The minimum atomic E-state index is -3.82. The van der Waals surface area contributed by atoms with E-state index >= 15 is 0 Å². The average molecular weight is 649 g/mol. The smallest absolute Gasteiger partial charge is 0.243 e. The number of carbonyl (C=O) groups excluding carboxylic acids is 2. The van der Waals surface area contributed by atoms with Crippen molar-refractivity contribution in [1.29, 1.82) is 0 Å². The molecule has 4 rings (SSSR count). The molecule has 43 heavy (non-hydrogen) atoms. The van der Waals surface area contributed by atoms with E-state index in [2.05, 4.69) is 5.32 Å². The summed E-state index contributed by atoms with van der Waals surface area (Å²) in [5.74, 6) is -1.25. The second-order valence-corrected chi connectivity index (χ2v) is 13.6. The number of halogens is 3. The molecule has 3 aromatic rings. The van der Waals surface area contributed by atoms with Crippen LogP contribution in [0.25, 0.3) is 0 Å². The Morgan fingerprint density at radius 2 is 1.63 bits per heavy atom. The van der Waals surface area contributed by atoms with E-state index in [0.29, 0.717) is 15.6 Å². The SMILES string of the molecule is CS(=O)(=O)N(CCCC(=O)N(Cc1ccc(Cl)c(Cl)c1)[C@H](Cc1ccccc1)C(=O)NC1CCCC1)c1ccccc1F. The fraction of sp³-hybridized carbons (Fsp3) is 0.375. The molecule has 0 heterocycles. The molecule has 230 valence electrons. The first kappa shape index (κ1) is 32.8. The Morgan fingerprint density at radius 1 is 0.953 bits per heavy atom. The monoisotopic (exact) mass is 647 g/mol. The number of amides is 2. The van der Waals surface area contributed by atoms with E-state index in [9.17, 15) is 22.4 Å². The predicted octanol–water partition coefficient (Wildman–Crippen LogP) is 6.38. The van der Waals surface area contributed by atoms with Crippen LogP contribution in [0.2, 0.25) is 10.0 Å². The van der Waals surface area contributed by atoms with Crippen molar-refractivity contribution < 1.29 is 22.4 Å². The maximum Gasteiger partial charge on any atom is 0.243 e. The van der Waals surface area contributed by atoms with Crippen LogP contribution in [0.15, 0.2) is 72.8 Å². The number of hydrogen-bond donors (Lipinski definition) is 1. The summed E-state index contributed by atoms with van der Waals surface area (Å²) in [5, 5.41) is 3.85. The highest BCUT2D eigenvalue weighted by atomic mass is 35.5. The Bertz CT molecular complexity index is 1520. The number of nitrogens with zero attached hydrogens (tertiary/aromatic N) is 2. The molecule has 3 aromatic carbocycles. The molecule has 1 fully saturated rings. The summed E-state index contributed by atoms with van der Waals surface area (Å²) in [6, 6.07) is 19.4. The lowest BCUT2D eigenvalue weighted by atomic mass is 10.0. The third-order valence-corrected chi connectivity index (χ3v) is 9.50. The quantitative estimate of drug-likeness (QED) is 0.233. The summed E-state index contributed by atoms with van der Waals surface area (Å²) < 4.78 is 40.6. The Labute approximate surface area is 263 Å². The van der Waals surface area contributed by atoms with Crippen LogP contribution in [0.1, 0.15) is 49.7 Å². The summed E-state index contributed by atoms with van der Waals surface area (Å²) in [5.41, 5.74) is 1.51. The van der Waals surface area contributed by atoms with Crippen molar-refractivity contribution in [1.82, 2.24) is 10.2 Å². The van der Waals surface area contributed by atoms with Gasteiger partial charge < -0.3 is 10.2 Å². The van der Waals surface area contributed by atoms with Crippen molar-refractivity contribution in [3.63, 3.8) is 0 Å². The molecule has 0 aliphatic heterocycles. The molecule has 1 atom stereocenters. The normalized spacial score (nSPS) is 14.3. The number of hydrogen-bond acceptors (Lipinski definition) is 4. The highest BCUT2D eigenvalue weighted by Gasteiger charge is 2.32. The highest BCUT2D eigenvalue weighted by Crippen LogP contribution is 2.26. The first-order valence-electron chi connectivity index (χ1n) is 14.3. The number of nitrogens with one attached hydrogen (secondary N) is 1. The lowest BCUT2D eigenvalue weighted by Gasteiger charge is -2.33. The van der Waals surface area contributed by atoms with Crippen LogP contribution < -0.4 is 9.62 Å². The van der Waals surface area contributed by atoms with Gasteiger partial charge >= 0.3 is 0 Å². The molecular formula is C32H36Cl2FN3O4S. The van der Waals surface area contributed by atoms with Crippen molar-refractivity contribution in [3.05, 3.63) is 99.8 Å². The summed E-state index contributed by atoms with van der Waals surface area (Å²) in [6.07, 6.45) is 5.20. The zero-order valence-electron chi connectivity index (χ0n) is 24.0. The zero-order valence-corrected chi connectivity index (χ0v) is 26.3. The van der Waals surface area contributed by atoms with Gasteiger partial charge in [0.05, 0.1) is 22.0 Å². The molecule has 2 amide bonds. The van der Waals surface area contributed by atoms with Gasteiger partial charge in [-0.15, -0.1) is 0 Å². The minimum Gasteiger partial charge on any atom is -0.352 e. The number of sulfonamides is 1. The van der Waals surface area contributed by atoms with Gasteiger partial charge in [0, 0.05) is 32.0 Å². The van der Waals surface area contributed by atoms with E-state index in [-0.39, 0.29) is 55.9 Å². The van der Waals surface area contributed by atoms with Crippen molar-refractivity contribution in [2.75, 3.05) is 17.1 Å². The van der Waals surface area contributed by atoms with Crippen LogP contribution in [-0.4, -0.2) is 50.0 Å². The molecule has 0 spiro atoms. The van der Waals surface area contributed by atoms with Gasteiger partial charge in [-0.05, 0) is 54.7 Å². The summed E-state index contributed by atoms with van der Waals surface area (Å²) >= 11 is 12.4. The number of para-hydroxylation sites is 1. The summed E-state index contributed by atoms with van der Waals surface area (Å²) in [6.45, 7) is -0.0157. The van der Waals surface area contributed by atoms with Gasteiger partial charge in [-0.25, -0.2) is 12.8 Å². The van der Waals surface area contributed by atoms with Crippen LogP contribution in [0.4, 0.5) is 10.1 Å². The summed E-state index contributed by atoms with van der Waals surface area (Å²) in [7, 11) is -3.82. The van der Waals surface area contributed by atoms with Crippen LogP contribution in [0.5, 0.6) is 0 Å². The van der Waals surface area contributed by atoms with Gasteiger partial charge in [0.2, 0.25) is 21.8 Å². The Balaban J connectivity index is 1.61. The molecule has 11 heteroatoms. The molecule has 0 bridgehead atoms. The molecular weight excluding hydrogens is 612 g/mol. The fourth-order valence-electron chi connectivity index (χ4n) is 5.39. The van der Waals surface area contributed by atoms with Crippen LogP contribution in [0.3, 0.4) is 0 Å². The van der Waals surface area contributed by atoms with E-state index in [1.54, 1.807) is 24.3 Å². The lowest BCUT2D eigenvalue weighted by molar-refractivity contribution is -0.141. The highest BCUT2D eigenvalue weighted by molar-refractivity contribution is 7.92. The first-order valence-corrected chi connectivity index (χ1v) is 16.9. The standard InChI is InChI=1S/C32H36Cl2FN3O4S/c1-43(41,42)38(29-15-8-7-14-28(29)35)19-9-16-31(39)37(22-24-17-18-26(33)27(34)20-24)30(21-23-10-3-2-4-11-23)32(40)36-25-12-5-6-13-25/h2-4,7-8,10-11,14-15,17-18,20,25,30H,5-6,9,12-13,16,19,21-22H2,1H3,(H,36,40)/t30-/m1/s1. The third kappa shape index (κ3) is 9.17. The topological polar surface area (TPSA) is 86.8 Å². The Kier molecular flexibility index (Phi) is 11.5. The van der Waals surface area contributed by atoms with Crippen molar-refractivity contribution in [3.8, 4) is 0 Å². The number of anilines is 1. The number of benzene rings is 3. The maximum atomic E-state index is 14.5. The van der Waals surface area contributed by atoms with E-state index in [1.807, 2.05) is 30.3 Å². The van der Waals surface area contributed by atoms with Gasteiger partial charge in [0.1, 0.15) is 11.9 Å². The molecule has 1 aliphatic carbocycles. The Hall–Kier alpha value is -3.14. The van der Waals surface area contributed by atoms with Gasteiger partial charge in [-0.1, -0.05) is 84.6 Å². The van der Waals surface area contributed by atoms with Gasteiger partial charge in [0.25, 0.3) is 0 Å². The number of carbonyl (C=O) groups is 2. The maximum absolute atomic E-state index is 14.5. The van der Waals surface area contributed by atoms with Gasteiger partial charge in [-0.3, -0.25) is 13.9 Å². The molecule has 1 saturated carbocycles. The second kappa shape index (κ2) is 15.0. The van der Waals surface area contributed by atoms with E-state index < -0.39 is 21.9 Å². The molecule has 0 saturated heterocycles. The van der Waals surface area contributed by atoms with E-state index in [1.165, 1.54) is 23.1 Å². The average Bonchev–Trinajstić information content (AvgIpc) is 3.48. The zero-order chi connectivity index (χ0) is 31.0. The van der Waals surface area contributed by atoms with E-state index in [4.69, 9.17) is 23.2 Å². The second-order valence-electron chi connectivity index (χ2n) is 10.9. The van der Waals surface area contributed by atoms with Crippen molar-refractivity contribution >= 4 is 50.7 Å². The van der Waals surface area contributed by atoms with Crippen LogP contribution >= 0.6 is 23.2 Å². The molecule has 1 aliphatic rings. The van der Waals surface area contributed by atoms with Crippen LogP contribution in [-0.2, 0) is 32.6 Å². The fourth-order valence-corrected chi connectivity index (χ4v) is 6.68. The largest absolute Gasteiger partial charge is 0.352 e. The molecule has 1 N–H and O–H groups in total. The third-order valence-electron chi connectivity index (χ3n) is 7.58. The minimum absolute atomic E-state index is 0.0526. The lowest BCUT2D eigenvalue weighted by Crippen LogP contribution is -2.52. The summed E-state index contributed by atoms with van der Waals surface area (Å²) in [4.78, 5) is 29.3. The van der Waals surface area contributed by atoms with E-state index in [0.717, 1.165) is 41.8 Å². The molecule has 0 unspecified atom stereocenters. The van der Waals surface area contributed by atoms with Crippen LogP contribution in [0, 0.1) is 5.82 Å². The van der Waals surface area contributed by atoms with Gasteiger partial charge in [0.15, 0.2) is 0 Å². The van der Waals surface area contributed by atoms with Crippen molar-refractivity contribution in [2.24, 2.45) is 0 Å². The Morgan fingerprint density at radius 3 is 2.28 bits per heavy atom. The predicted molar refractivity (Wildman–Crippen MR) is 169 cm³/mol. The van der Waals surface area contributed by atoms with Crippen molar-refractivity contribution in [2.45, 2.75) is 63.6 Å². The molecule has 0 aromatic heterocycles. The molecule has 7 nitrogen and oxygen atoms in total. The molecule has 0 radical (unpaired) electrons.